The Morgan fingerprint density at radius 1 is 1.11 bits per heavy atom. The lowest BCUT2D eigenvalue weighted by Gasteiger charge is -2.44. The summed E-state index contributed by atoms with van der Waals surface area (Å²) < 4.78 is 51.4. The zero-order valence-corrected chi connectivity index (χ0v) is 22.4. The number of rotatable bonds is 6. The minimum Gasteiger partial charge on any atom is -0.453 e. The number of carbonyl (C=O) groups excluding carboxylic acids is 2. The molecule has 0 unspecified atom stereocenters. The monoisotopic (exact) mass is 574 g/mol. The van der Waals surface area contributed by atoms with Gasteiger partial charge in [-0.2, -0.15) is 18.2 Å². The summed E-state index contributed by atoms with van der Waals surface area (Å²) in [6.07, 6.45) is -4.91. The lowest BCUT2D eigenvalue weighted by Crippen LogP contribution is -2.48. The average molecular weight is 575 g/mol. The number of ether oxygens (including phenoxy) is 2. The van der Waals surface area contributed by atoms with E-state index in [9.17, 15) is 22.8 Å². The molecule has 0 radical (unpaired) electrons. The Bertz CT molecular complexity index is 1190. The van der Waals surface area contributed by atoms with E-state index in [2.05, 4.69) is 0 Å². The molecular formula is C26H27Cl2F3N2O5. The number of hydrogen-bond donors (Lipinski definition) is 0. The van der Waals surface area contributed by atoms with Crippen LogP contribution in [0.2, 0.25) is 10.0 Å². The molecule has 0 aromatic heterocycles. The molecule has 206 valence electrons. The van der Waals surface area contributed by atoms with Crippen molar-refractivity contribution < 1.29 is 37.1 Å². The topological polar surface area (TPSA) is 68.3 Å². The van der Waals surface area contributed by atoms with Gasteiger partial charge in [-0.15, -0.1) is 0 Å². The van der Waals surface area contributed by atoms with Crippen molar-refractivity contribution in [3.05, 3.63) is 63.1 Å². The van der Waals surface area contributed by atoms with Crippen LogP contribution < -0.4 is 5.06 Å². The van der Waals surface area contributed by atoms with Crippen molar-refractivity contribution >= 4 is 41.1 Å². The first-order valence-corrected chi connectivity index (χ1v) is 12.8. The van der Waals surface area contributed by atoms with E-state index in [1.54, 1.807) is 26.0 Å². The van der Waals surface area contributed by atoms with Gasteiger partial charge in [0.05, 0.1) is 36.5 Å². The third kappa shape index (κ3) is 6.40. The van der Waals surface area contributed by atoms with Crippen LogP contribution in [-0.2, 0) is 27.0 Å². The molecule has 0 saturated heterocycles. The van der Waals surface area contributed by atoms with Crippen molar-refractivity contribution in [2.75, 3.05) is 12.2 Å². The van der Waals surface area contributed by atoms with Crippen molar-refractivity contribution in [3.63, 3.8) is 0 Å². The molecular weight excluding hydrogens is 548 g/mol. The summed E-state index contributed by atoms with van der Waals surface area (Å²) in [6, 6.07) is 6.71. The lowest BCUT2D eigenvalue weighted by molar-refractivity contribution is -0.137. The zero-order valence-electron chi connectivity index (χ0n) is 20.9. The van der Waals surface area contributed by atoms with Gasteiger partial charge in [0.25, 0.3) is 0 Å². The second-order valence-corrected chi connectivity index (χ2v) is 10.5. The molecule has 2 aromatic carbocycles. The van der Waals surface area contributed by atoms with Gasteiger partial charge >= 0.3 is 18.4 Å². The van der Waals surface area contributed by atoms with Crippen LogP contribution in [0.3, 0.4) is 0 Å². The second-order valence-electron chi connectivity index (χ2n) is 9.64. The number of carbonyl (C=O) groups is 2. The van der Waals surface area contributed by atoms with Crippen molar-refractivity contribution in [2.24, 2.45) is 5.92 Å². The Balaban J connectivity index is 1.81. The fraction of sp³-hybridized carbons (Fsp3) is 0.462. The molecule has 2 aromatic rings. The van der Waals surface area contributed by atoms with Gasteiger partial charge in [-0.3, -0.25) is 4.90 Å². The van der Waals surface area contributed by atoms with Gasteiger partial charge in [0.2, 0.25) is 0 Å². The summed E-state index contributed by atoms with van der Waals surface area (Å²) in [7, 11) is 1.20. The molecule has 1 heterocycles. The van der Waals surface area contributed by atoms with Gasteiger partial charge in [-0.25, -0.2) is 9.59 Å². The van der Waals surface area contributed by atoms with Gasteiger partial charge in [-0.05, 0) is 81.0 Å². The highest BCUT2D eigenvalue weighted by atomic mass is 35.5. The number of fused-ring (bicyclic) bond motifs is 1. The van der Waals surface area contributed by atoms with Crippen LogP contribution in [0.25, 0.3) is 0 Å². The molecule has 0 N–H and O–H groups in total. The summed E-state index contributed by atoms with van der Waals surface area (Å²) in [5.41, 5.74) is 0.0764. The summed E-state index contributed by atoms with van der Waals surface area (Å²) in [5.74, 6) is 0.111. The minimum absolute atomic E-state index is 0.0268. The third-order valence-corrected chi connectivity index (χ3v) is 6.89. The smallest absolute Gasteiger partial charge is 0.453 e. The predicted octanol–water partition coefficient (Wildman–Crippen LogP) is 7.79. The molecule has 4 rings (SSSR count). The van der Waals surface area contributed by atoms with Crippen LogP contribution in [0.5, 0.6) is 0 Å². The Kier molecular flexibility index (Phi) is 8.23. The van der Waals surface area contributed by atoms with Crippen LogP contribution in [-0.4, -0.2) is 36.4 Å². The van der Waals surface area contributed by atoms with Gasteiger partial charge in [-0.1, -0.05) is 23.2 Å². The van der Waals surface area contributed by atoms with Crippen LogP contribution in [0.4, 0.5) is 28.4 Å². The van der Waals surface area contributed by atoms with E-state index in [1.165, 1.54) is 29.2 Å². The maximum atomic E-state index is 13.8. The van der Waals surface area contributed by atoms with Crippen molar-refractivity contribution in [1.82, 2.24) is 4.90 Å². The first-order chi connectivity index (χ1) is 17.9. The maximum absolute atomic E-state index is 13.8. The van der Waals surface area contributed by atoms with E-state index in [1.807, 2.05) is 0 Å². The van der Waals surface area contributed by atoms with Gasteiger partial charge < -0.3 is 14.3 Å². The van der Waals surface area contributed by atoms with E-state index >= 15 is 0 Å². The summed E-state index contributed by atoms with van der Waals surface area (Å²) in [6.45, 7) is 3.29. The number of halogens is 5. The molecule has 1 saturated carbocycles. The molecule has 0 spiro atoms. The molecule has 1 amide bonds. The number of anilines is 1. The van der Waals surface area contributed by atoms with Crippen LogP contribution >= 0.6 is 23.2 Å². The van der Waals surface area contributed by atoms with Gasteiger partial charge in [0.15, 0.2) is 0 Å². The fourth-order valence-electron chi connectivity index (χ4n) is 4.72. The van der Waals surface area contributed by atoms with Gasteiger partial charge in [0, 0.05) is 22.2 Å². The number of methoxy groups -OCH3 is 1. The summed E-state index contributed by atoms with van der Waals surface area (Å²) in [4.78, 5) is 32.4. The minimum atomic E-state index is -4.63. The van der Waals surface area contributed by atoms with Crippen molar-refractivity contribution in [1.29, 1.82) is 0 Å². The number of hydrogen-bond acceptors (Lipinski definition) is 6. The number of amides is 1. The SMILES string of the molecule is COC(=O)N(Cc1cc(Cl)cc(Cl)c1)[C@H]1C[C@@H](C2CC2)N(OC(=O)OC(C)C)c2ccc(C(F)(F)F)cc21. The molecule has 12 heteroatoms. The molecule has 38 heavy (non-hydrogen) atoms. The van der Waals surface area contributed by atoms with Crippen LogP contribution in [0.15, 0.2) is 36.4 Å². The van der Waals surface area contributed by atoms with Crippen LogP contribution in [0, 0.1) is 5.92 Å². The van der Waals surface area contributed by atoms with E-state index in [0.717, 1.165) is 25.0 Å². The molecule has 7 nitrogen and oxygen atoms in total. The zero-order chi connectivity index (χ0) is 27.8. The molecule has 1 aliphatic heterocycles. The predicted molar refractivity (Wildman–Crippen MR) is 135 cm³/mol. The first-order valence-electron chi connectivity index (χ1n) is 12.1. The highest BCUT2D eigenvalue weighted by molar-refractivity contribution is 6.34. The molecule has 1 fully saturated rings. The Hall–Kier alpha value is -2.85. The molecule has 0 bridgehead atoms. The normalized spacial score (nSPS) is 19.1. The number of alkyl halides is 3. The van der Waals surface area contributed by atoms with E-state index in [0.29, 0.717) is 15.6 Å². The summed E-state index contributed by atoms with van der Waals surface area (Å²) >= 11 is 12.3. The number of hydroxylamine groups is 1. The fourth-order valence-corrected chi connectivity index (χ4v) is 5.29. The van der Waals surface area contributed by atoms with Crippen molar-refractivity contribution in [3.8, 4) is 0 Å². The van der Waals surface area contributed by atoms with Crippen molar-refractivity contribution in [2.45, 2.75) is 64.0 Å². The van der Waals surface area contributed by atoms with Crippen LogP contribution in [0.1, 0.15) is 55.8 Å². The molecule has 2 atom stereocenters. The van der Waals surface area contributed by atoms with E-state index in [4.69, 9.17) is 37.5 Å². The quantitative estimate of drug-likeness (QED) is 0.328. The highest BCUT2D eigenvalue weighted by Crippen LogP contribution is 2.49. The number of benzene rings is 2. The third-order valence-electron chi connectivity index (χ3n) is 6.45. The Morgan fingerprint density at radius 3 is 2.32 bits per heavy atom. The van der Waals surface area contributed by atoms with E-state index < -0.39 is 42.2 Å². The average Bonchev–Trinajstić information content (AvgIpc) is 3.66. The van der Waals surface area contributed by atoms with Gasteiger partial charge in [0.1, 0.15) is 0 Å². The summed E-state index contributed by atoms with van der Waals surface area (Å²) in [5, 5.41) is 2.03. The Labute approximate surface area is 228 Å². The highest BCUT2D eigenvalue weighted by Gasteiger charge is 2.47. The second kappa shape index (κ2) is 11.1. The standard InChI is InChI=1S/C26H27Cl2F3N2O5/c1-14(2)37-25(35)38-33-21-7-6-17(26(29,30)31)10-20(21)23(12-22(33)16-4-5-16)32(24(34)36-3)13-15-8-18(27)11-19(28)9-15/h6-11,14,16,22-23H,4-5,12-13H2,1-3H3/t22-,23-/m0/s1. The maximum Gasteiger partial charge on any atom is 0.533 e. The Morgan fingerprint density at radius 2 is 1.76 bits per heavy atom. The molecule has 2 aliphatic rings. The van der Waals surface area contributed by atoms with E-state index in [-0.39, 0.29) is 30.1 Å². The lowest BCUT2D eigenvalue weighted by atomic mass is 9.88. The first kappa shape index (κ1) is 28.2. The number of nitrogens with zero attached hydrogens (tertiary/aromatic N) is 2. The molecule has 1 aliphatic carbocycles. The largest absolute Gasteiger partial charge is 0.533 e.